The first kappa shape index (κ1) is 23.7. The summed E-state index contributed by atoms with van der Waals surface area (Å²) in [5.41, 5.74) is -0.988. The van der Waals surface area contributed by atoms with E-state index in [-0.39, 0.29) is 28.1 Å². The lowest BCUT2D eigenvalue weighted by Gasteiger charge is -2.14. The lowest BCUT2D eigenvalue weighted by atomic mass is 10.0. The monoisotopic (exact) mass is 480 g/mol. The zero-order valence-corrected chi connectivity index (χ0v) is 17.8. The van der Waals surface area contributed by atoms with E-state index >= 15 is 0 Å². The first-order chi connectivity index (χ1) is 16.7. The number of rotatable bonds is 5. The molecule has 35 heavy (non-hydrogen) atoms. The van der Waals surface area contributed by atoms with Crippen LogP contribution in [0, 0.1) is 17.1 Å². The van der Waals surface area contributed by atoms with Crippen LogP contribution in [0.15, 0.2) is 78.9 Å². The molecule has 4 aromatic rings. The minimum Gasteiger partial charge on any atom is -0.384 e. The Kier molecular flexibility index (Phi) is 6.36. The molecule has 0 aliphatic heterocycles. The van der Waals surface area contributed by atoms with Gasteiger partial charge in [-0.2, -0.15) is 23.5 Å². The summed E-state index contributed by atoms with van der Waals surface area (Å²) in [7, 11) is 0. The number of halogens is 4. The van der Waals surface area contributed by atoms with Gasteiger partial charge in [0.2, 0.25) is 0 Å². The molecule has 3 aromatic carbocycles. The molecule has 0 aliphatic rings. The van der Waals surface area contributed by atoms with Crippen molar-refractivity contribution < 1.29 is 27.5 Å². The quantitative estimate of drug-likeness (QED) is 0.383. The molecule has 1 amide bonds. The zero-order chi connectivity index (χ0) is 25.2. The summed E-state index contributed by atoms with van der Waals surface area (Å²) in [4.78, 5) is 13.0. The van der Waals surface area contributed by atoms with Gasteiger partial charge in [-0.25, -0.2) is 9.07 Å². The number of nitrogens with zero attached hydrogens (tertiary/aromatic N) is 3. The van der Waals surface area contributed by atoms with Crippen molar-refractivity contribution >= 4 is 11.6 Å². The van der Waals surface area contributed by atoms with E-state index in [1.54, 1.807) is 6.07 Å². The van der Waals surface area contributed by atoms with E-state index in [0.29, 0.717) is 6.07 Å². The number of hydrogen-bond donors (Lipinski definition) is 2. The van der Waals surface area contributed by atoms with E-state index in [2.05, 4.69) is 10.4 Å². The van der Waals surface area contributed by atoms with Crippen molar-refractivity contribution in [3.05, 3.63) is 113 Å². The molecule has 2 N–H and O–H groups in total. The Morgan fingerprint density at radius 2 is 1.77 bits per heavy atom. The summed E-state index contributed by atoms with van der Waals surface area (Å²) in [6, 6.07) is 19.7. The molecule has 0 saturated heterocycles. The van der Waals surface area contributed by atoms with Gasteiger partial charge in [-0.05, 0) is 42.0 Å². The SMILES string of the molecule is N#Cc1cccc(-n2nc(C(F)(F)F)cc2C(=O)Nc2cccc(C(O)c3ccccc3F)c2)c1. The second-order valence-electron chi connectivity index (χ2n) is 7.49. The third-order valence-corrected chi connectivity index (χ3v) is 5.11. The predicted octanol–water partition coefficient (Wildman–Crippen LogP) is 5.24. The molecule has 0 fully saturated rings. The standard InChI is InChI=1S/C25H16F4N4O2/c26-20-10-2-1-9-19(20)23(34)16-6-4-7-17(12-16)31-24(35)21-13-22(25(27,28)29)32-33(21)18-8-3-5-15(11-18)14-30/h1-13,23,34H,(H,31,35). The summed E-state index contributed by atoms with van der Waals surface area (Å²) >= 11 is 0. The van der Waals surface area contributed by atoms with Gasteiger partial charge in [-0.15, -0.1) is 0 Å². The van der Waals surface area contributed by atoms with Crippen molar-refractivity contribution in [1.29, 1.82) is 5.26 Å². The van der Waals surface area contributed by atoms with Gasteiger partial charge in [0, 0.05) is 17.3 Å². The number of carbonyl (C=O) groups is 1. The lowest BCUT2D eigenvalue weighted by molar-refractivity contribution is -0.141. The first-order valence-electron chi connectivity index (χ1n) is 10.2. The number of aliphatic hydroxyl groups is 1. The molecule has 4 rings (SSSR count). The van der Waals surface area contributed by atoms with Gasteiger partial charge in [0.05, 0.1) is 17.3 Å². The fourth-order valence-electron chi connectivity index (χ4n) is 3.44. The molecule has 1 heterocycles. The van der Waals surface area contributed by atoms with Crippen LogP contribution in [0.2, 0.25) is 0 Å². The molecule has 1 unspecified atom stereocenters. The van der Waals surface area contributed by atoms with E-state index in [9.17, 15) is 27.5 Å². The number of aliphatic hydroxyl groups excluding tert-OH is 1. The third kappa shape index (κ3) is 5.05. The fourth-order valence-corrected chi connectivity index (χ4v) is 3.44. The van der Waals surface area contributed by atoms with Crippen LogP contribution < -0.4 is 5.32 Å². The number of alkyl halides is 3. The summed E-state index contributed by atoms with van der Waals surface area (Å²) in [6.07, 6.45) is -6.14. The lowest BCUT2D eigenvalue weighted by Crippen LogP contribution is -2.17. The molecule has 10 heteroatoms. The minimum atomic E-state index is -4.81. The number of nitrogens with one attached hydrogen (secondary N) is 1. The smallest absolute Gasteiger partial charge is 0.384 e. The van der Waals surface area contributed by atoms with Crippen molar-refractivity contribution in [2.45, 2.75) is 12.3 Å². The van der Waals surface area contributed by atoms with Gasteiger partial charge in [0.25, 0.3) is 5.91 Å². The van der Waals surface area contributed by atoms with Crippen molar-refractivity contribution in [2.75, 3.05) is 5.32 Å². The van der Waals surface area contributed by atoms with Crippen molar-refractivity contribution in [3.8, 4) is 11.8 Å². The average Bonchev–Trinajstić information content (AvgIpc) is 3.31. The van der Waals surface area contributed by atoms with E-state index in [4.69, 9.17) is 5.26 Å². The summed E-state index contributed by atoms with van der Waals surface area (Å²) < 4.78 is 54.9. The Labute approximate surface area is 196 Å². The number of anilines is 1. The molecular weight excluding hydrogens is 464 g/mol. The number of carbonyl (C=O) groups excluding carboxylic acids is 1. The van der Waals surface area contributed by atoms with Crippen LogP contribution in [-0.4, -0.2) is 20.8 Å². The normalized spacial score (nSPS) is 12.1. The Morgan fingerprint density at radius 1 is 1.03 bits per heavy atom. The third-order valence-electron chi connectivity index (χ3n) is 5.11. The highest BCUT2D eigenvalue weighted by atomic mass is 19.4. The number of aromatic nitrogens is 2. The molecule has 1 aromatic heterocycles. The van der Waals surface area contributed by atoms with Crippen molar-refractivity contribution in [1.82, 2.24) is 9.78 Å². The average molecular weight is 480 g/mol. The van der Waals surface area contributed by atoms with E-state index in [1.165, 1.54) is 66.7 Å². The van der Waals surface area contributed by atoms with Crippen molar-refractivity contribution in [3.63, 3.8) is 0 Å². The number of hydrogen-bond acceptors (Lipinski definition) is 4. The molecule has 0 spiro atoms. The number of amides is 1. The summed E-state index contributed by atoms with van der Waals surface area (Å²) in [6.45, 7) is 0. The maximum atomic E-state index is 14.1. The van der Waals surface area contributed by atoms with Gasteiger partial charge < -0.3 is 10.4 Å². The van der Waals surface area contributed by atoms with Crippen LogP contribution in [0.5, 0.6) is 0 Å². The zero-order valence-electron chi connectivity index (χ0n) is 17.8. The minimum absolute atomic E-state index is 0.0289. The largest absolute Gasteiger partial charge is 0.435 e. The highest BCUT2D eigenvalue weighted by Gasteiger charge is 2.36. The molecule has 176 valence electrons. The summed E-state index contributed by atoms with van der Waals surface area (Å²) in [5.74, 6) is -1.52. The Morgan fingerprint density at radius 3 is 2.49 bits per heavy atom. The Bertz CT molecular complexity index is 1440. The molecule has 0 aliphatic carbocycles. The molecule has 1 atom stereocenters. The van der Waals surface area contributed by atoms with Crippen LogP contribution in [0.4, 0.5) is 23.2 Å². The van der Waals surface area contributed by atoms with Gasteiger partial charge >= 0.3 is 6.18 Å². The van der Waals surface area contributed by atoms with Gasteiger partial charge in [0.1, 0.15) is 17.6 Å². The second kappa shape index (κ2) is 9.40. The van der Waals surface area contributed by atoms with Crippen LogP contribution in [0.25, 0.3) is 5.69 Å². The number of nitriles is 1. The second-order valence-corrected chi connectivity index (χ2v) is 7.49. The molecule has 0 bridgehead atoms. The van der Waals surface area contributed by atoms with E-state index in [1.807, 2.05) is 6.07 Å². The molecule has 6 nitrogen and oxygen atoms in total. The van der Waals surface area contributed by atoms with Crippen LogP contribution in [0.3, 0.4) is 0 Å². The first-order valence-corrected chi connectivity index (χ1v) is 10.2. The molecule has 0 radical (unpaired) electrons. The number of benzene rings is 3. The highest BCUT2D eigenvalue weighted by molar-refractivity contribution is 6.03. The predicted molar refractivity (Wildman–Crippen MR) is 118 cm³/mol. The Balaban J connectivity index is 1.68. The van der Waals surface area contributed by atoms with Crippen LogP contribution >= 0.6 is 0 Å². The fraction of sp³-hybridized carbons (Fsp3) is 0.0800. The highest BCUT2D eigenvalue weighted by Crippen LogP contribution is 2.30. The molecular formula is C25H16F4N4O2. The topological polar surface area (TPSA) is 90.9 Å². The summed E-state index contributed by atoms with van der Waals surface area (Å²) in [5, 5.41) is 25.7. The van der Waals surface area contributed by atoms with E-state index < -0.39 is 35.4 Å². The molecule has 0 saturated carbocycles. The van der Waals surface area contributed by atoms with Crippen molar-refractivity contribution in [2.24, 2.45) is 0 Å². The van der Waals surface area contributed by atoms with Gasteiger partial charge in [-0.3, -0.25) is 4.79 Å². The van der Waals surface area contributed by atoms with Crippen LogP contribution in [0.1, 0.15) is 39.0 Å². The maximum Gasteiger partial charge on any atom is 0.435 e. The maximum absolute atomic E-state index is 14.1. The Hall–Kier alpha value is -4.49. The van der Waals surface area contributed by atoms with Gasteiger partial charge in [-0.1, -0.05) is 36.4 Å². The van der Waals surface area contributed by atoms with Crippen LogP contribution in [-0.2, 0) is 6.18 Å². The van der Waals surface area contributed by atoms with E-state index in [0.717, 1.165) is 4.68 Å². The van der Waals surface area contributed by atoms with Gasteiger partial charge in [0.15, 0.2) is 5.69 Å².